The molecule has 3 nitrogen and oxygen atoms in total. The maximum absolute atomic E-state index is 5.96. The Kier molecular flexibility index (Phi) is 8.88. The highest BCUT2D eigenvalue weighted by molar-refractivity contribution is 5.48. The summed E-state index contributed by atoms with van der Waals surface area (Å²) >= 11 is 0. The van der Waals surface area contributed by atoms with Crippen molar-refractivity contribution in [2.75, 3.05) is 25.1 Å². The second kappa shape index (κ2) is 11.5. The van der Waals surface area contributed by atoms with Crippen LogP contribution in [0.1, 0.15) is 57.9 Å². The van der Waals surface area contributed by atoms with Crippen LogP contribution >= 0.6 is 0 Å². The lowest BCUT2D eigenvalue weighted by Gasteiger charge is -2.14. The molecule has 0 fully saturated rings. The van der Waals surface area contributed by atoms with Crippen molar-refractivity contribution >= 4 is 5.69 Å². The minimum Gasteiger partial charge on any atom is -0.494 e. The van der Waals surface area contributed by atoms with E-state index >= 15 is 0 Å². The molecule has 0 aliphatic carbocycles. The first-order valence-corrected chi connectivity index (χ1v) is 9.89. The van der Waals surface area contributed by atoms with Crippen molar-refractivity contribution in [2.24, 2.45) is 0 Å². The van der Waals surface area contributed by atoms with Crippen molar-refractivity contribution in [2.45, 2.75) is 52.4 Å². The molecule has 0 saturated carbocycles. The van der Waals surface area contributed by atoms with E-state index in [9.17, 15) is 0 Å². The van der Waals surface area contributed by atoms with E-state index < -0.39 is 0 Å². The summed E-state index contributed by atoms with van der Waals surface area (Å²) in [5.74, 6) is 2.37. The molecular weight excluding hydrogens is 322 g/mol. The van der Waals surface area contributed by atoms with Gasteiger partial charge in [-0.1, -0.05) is 64.3 Å². The van der Waals surface area contributed by atoms with E-state index in [1.54, 1.807) is 0 Å². The Labute approximate surface area is 158 Å². The first-order valence-electron chi connectivity index (χ1n) is 9.89. The fourth-order valence-corrected chi connectivity index (χ4v) is 2.86. The second-order valence-corrected chi connectivity index (χ2v) is 6.90. The largest absolute Gasteiger partial charge is 0.494 e. The monoisotopic (exact) mass is 355 g/mol. The van der Waals surface area contributed by atoms with E-state index in [1.165, 1.54) is 24.8 Å². The summed E-state index contributed by atoms with van der Waals surface area (Å²) in [5.41, 5.74) is 2.32. The quantitative estimate of drug-likeness (QED) is 0.456. The molecule has 142 valence electrons. The molecule has 2 aromatic carbocycles. The van der Waals surface area contributed by atoms with Crippen LogP contribution in [0.15, 0.2) is 48.5 Å². The molecule has 26 heavy (non-hydrogen) atoms. The lowest BCUT2D eigenvalue weighted by Crippen LogP contribution is -2.12. The Morgan fingerprint density at radius 3 is 2.54 bits per heavy atom. The molecule has 0 bridgehead atoms. The summed E-state index contributed by atoms with van der Waals surface area (Å²) in [7, 11) is 0. The molecule has 2 aromatic rings. The maximum atomic E-state index is 5.96. The Bertz CT molecular complexity index is 640. The normalized spacial score (nSPS) is 10.8. The van der Waals surface area contributed by atoms with Gasteiger partial charge in [0.2, 0.25) is 0 Å². The Morgan fingerprint density at radius 1 is 0.885 bits per heavy atom. The van der Waals surface area contributed by atoms with Crippen LogP contribution in [-0.2, 0) is 0 Å². The second-order valence-electron chi connectivity index (χ2n) is 6.90. The van der Waals surface area contributed by atoms with E-state index in [1.807, 2.05) is 24.3 Å². The molecule has 0 aromatic heterocycles. The lowest BCUT2D eigenvalue weighted by atomic mass is 10.0. The van der Waals surface area contributed by atoms with Gasteiger partial charge in [0.15, 0.2) is 0 Å². The van der Waals surface area contributed by atoms with Gasteiger partial charge in [-0.2, -0.15) is 0 Å². The number of hydrogen-bond donors (Lipinski definition) is 1. The highest BCUT2D eigenvalue weighted by Gasteiger charge is 2.06. The van der Waals surface area contributed by atoms with Crippen LogP contribution in [0, 0.1) is 0 Å². The van der Waals surface area contributed by atoms with Crippen LogP contribution in [0.4, 0.5) is 5.69 Å². The van der Waals surface area contributed by atoms with Gasteiger partial charge in [-0.15, -0.1) is 0 Å². The van der Waals surface area contributed by atoms with Crippen LogP contribution < -0.4 is 14.8 Å². The van der Waals surface area contributed by atoms with Crippen molar-refractivity contribution in [1.82, 2.24) is 0 Å². The van der Waals surface area contributed by atoms with Gasteiger partial charge < -0.3 is 14.8 Å². The van der Waals surface area contributed by atoms with Crippen molar-refractivity contribution in [3.63, 3.8) is 0 Å². The molecular formula is C23H33NO2. The molecule has 0 amide bonds. The molecule has 0 unspecified atom stereocenters. The zero-order chi connectivity index (χ0) is 18.6. The molecule has 0 heterocycles. The first kappa shape index (κ1) is 20.2. The minimum absolute atomic E-state index is 0.463. The third-order valence-electron chi connectivity index (χ3n) is 4.33. The molecule has 0 aliphatic heterocycles. The fraction of sp³-hybridized carbons (Fsp3) is 0.478. The number of hydrogen-bond acceptors (Lipinski definition) is 3. The smallest absolute Gasteiger partial charge is 0.122 e. The van der Waals surface area contributed by atoms with Crippen LogP contribution in [0.2, 0.25) is 0 Å². The number of para-hydroxylation sites is 1. The SMILES string of the molecule is CCCCCCOc1cccc(NCCOc2ccccc2C(C)C)c1. The number of anilines is 1. The van der Waals surface area contributed by atoms with Gasteiger partial charge in [0, 0.05) is 18.3 Å². The topological polar surface area (TPSA) is 30.5 Å². The predicted molar refractivity (Wildman–Crippen MR) is 111 cm³/mol. The summed E-state index contributed by atoms with van der Waals surface area (Å²) in [4.78, 5) is 0. The third kappa shape index (κ3) is 6.99. The molecule has 3 heteroatoms. The van der Waals surface area contributed by atoms with Crippen molar-refractivity contribution in [3.05, 3.63) is 54.1 Å². The van der Waals surface area contributed by atoms with Crippen molar-refractivity contribution in [3.8, 4) is 11.5 Å². The molecule has 0 saturated heterocycles. The maximum Gasteiger partial charge on any atom is 0.122 e. The molecule has 2 rings (SSSR count). The fourth-order valence-electron chi connectivity index (χ4n) is 2.86. The lowest BCUT2D eigenvalue weighted by molar-refractivity contribution is 0.305. The van der Waals surface area contributed by atoms with Gasteiger partial charge in [-0.05, 0) is 36.1 Å². The summed E-state index contributed by atoms with van der Waals surface area (Å²) < 4.78 is 11.8. The number of benzene rings is 2. The first-order chi connectivity index (χ1) is 12.7. The number of ether oxygens (including phenoxy) is 2. The van der Waals surface area contributed by atoms with E-state index in [2.05, 4.69) is 50.4 Å². The standard InChI is InChI=1S/C23H33NO2/c1-4-5-6-9-16-25-21-12-10-11-20(18-21)24-15-17-26-23-14-8-7-13-22(23)19(2)3/h7-8,10-14,18-19,24H,4-6,9,15-17H2,1-3H3. The molecule has 0 aliphatic rings. The summed E-state index contributed by atoms with van der Waals surface area (Å²) in [6.07, 6.45) is 4.90. The van der Waals surface area contributed by atoms with Crippen molar-refractivity contribution < 1.29 is 9.47 Å². The van der Waals surface area contributed by atoms with Crippen LogP contribution in [-0.4, -0.2) is 19.8 Å². The van der Waals surface area contributed by atoms with Gasteiger partial charge in [-0.25, -0.2) is 0 Å². The van der Waals surface area contributed by atoms with E-state index in [4.69, 9.17) is 9.47 Å². The highest BCUT2D eigenvalue weighted by Crippen LogP contribution is 2.25. The summed E-state index contributed by atoms with van der Waals surface area (Å²) in [6.45, 7) is 8.78. The van der Waals surface area contributed by atoms with Gasteiger partial charge >= 0.3 is 0 Å². The van der Waals surface area contributed by atoms with Crippen LogP contribution in [0.5, 0.6) is 11.5 Å². The van der Waals surface area contributed by atoms with E-state index in [0.717, 1.165) is 36.8 Å². The Hall–Kier alpha value is -2.16. The highest BCUT2D eigenvalue weighted by atomic mass is 16.5. The van der Waals surface area contributed by atoms with Gasteiger partial charge in [-0.3, -0.25) is 0 Å². The number of nitrogens with one attached hydrogen (secondary N) is 1. The Balaban J connectivity index is 1.73. The average Bonchev–Trinajstić information content (AvgIpc) is 2.66. The summed E-state index contributed by atoms with van der Waals surface area (Å²) in [5, 5.41) is 3.41. The van der Waals surface area contributed by atoms with E-state index in [-0.39, 0.29) is 0 Å². The number of rotatable bonds is 12. The molecule has 1 N–H and O–H groups in total. The zero-order valence-corrected chi connectivity index (χ0v) is 16.5. The Morgan fingerprint density at radius 2 is 1.73 bits per heavy atom. The summed E-state index contributed by atoms with van der Waals surface area (Å²) in [6, 6.07) is 16.4. The van der Waals surface area contributed by atoms with Crippen LogP contribution in [0.25, 0.3) is 0 Å². The van der Waals surface area contributed by atoms with Gasteiger partial charge in [0.05, 0.1) is 6.61 Å². The minimum atomic E-state index is 0.463. The van der Waals surface area contributed by atoms with Gasteiger partial charge in [0.25, 0.3) is 0 Å². The number of unbranched alkanes of at least 4 members (excludes halogenated alkanes) is 3. The predicted octanol–water partition coefficient (Wildman–Crippen LogP) is 6.26. The third-order valence-corrected chi connectivity index (χ3v) is 4.33. The zero-order valence-electron chi connectivity index (χ0n) is 16.5. The molecule has 0 radical (unpaired) electrons. The van der Waals surface area contributed by atoms with E-state index in [0.29, 0.717) is 12.5 Å². The van der Waals surface area contributed by atoms with Crippen LogP contribution in [0.3, 0.4) is 0 Å². The molecule has 0 spiro atoms. The van der Waals surface area contributed by atoms with Crippen molar-refractivity contribution in [1.29, 1.82) is 0 Å². The average molecular weight is 356 g/mol. The molecule has 0 atom stereocenters. The van der Waals surface area contributed by atoms with Gasteiger partial charge in [0.1, 0.15) is 18.1 Å².